The van der Waals surface area contributed by atoms with Crippen LogP contribution in [0.2, 0.25) is 0 Å². The molecule has 0 bridgehead atoms. The molecule has 3 heterocycles. The summed E-state index contributed by atoms with van der Waals surface area (Å²) in [6, 6.07) is 8.04. The molecule has 0 aromatic heterocycles. The third kappa shape index (κ3) is 4.14. The van der Waals surface area contributed by atoms with Crippen molar-refractivity contribution in [2.45, 2.75) is 56.4 Å². The molecule has 0 radical (unpaired) electrons. The van der Waals surface area contributed by atoms with E-state index in [0.29, 0.717) is 18.2 Å². The second kappa shape index (κ2) is 8.16. The highest BCUT2D eigenvalue weighted by Gasteiger charge is 2.49. The Bertz CT molecular complexity index is 861. The van der Waals surface area contributed by atoms with E-state index in [0.717, 1.165) is 31.4 Å². The van der Waals surface area contributed by atoms with Gasteiger partial charge in [-0.1, -0.05) is 37.2 Å². The van der Waals surface area contributed by atoms with Crippen molar-refractivity contribution in [3.05, 3.63) is 29.8 Å². The van der Waals surface area contributed by atoms with Gasteiger partial charge in [-0.25, -0.2) is 8.42 Å². The zero-order valence-corrected chi connectivity index (χ0v) is 17.7. The largest absolute Gasteiger partial charge is 0.368 e. The molecule has 152 valence electrons. The minimum atomic E-state index is -3.06. The van der Waals surface area contributed by atoms with Crippen molar-refractivity contribution in [3.8, 4) is 0 Å². The number of amides is 1. The van der Waals surface area contributed by atoms with Crippen molar-refractivity contribution in [3.63, 3.8) is 0 Å². The molecule has 6 nitrogen and oxygen atoms in total. The van der Waals surface area contributed by atoms with Crippen molar-refractivity contribution < 1.29 is 17.9 Å². The van der Waals surface area contributed by atoms with Gasteiger partial charge in [0.05, 0.1) is 17.5 Å². The average Bonchev–Trinajstić information content (AvgIpc) is 3.35. The van der Waals surface area contributed by atoms with E-state index in [9.17, 15) is 13.2 Å². The number of benzene rings is 1. The second-order valence-electron chi connectivity index (χ2n) is 7.67. The maximum atomic E-state index is 12.5. The summed E-state index contributed by atoms with van der Waals surface area (Å²) < 4.78 is 29.8. The first-order valence-electron chi connectivity index (χ1n) is 9.96. The van der Waals surface area contributed by atoms with E-state index in [2.05, 4.69) is 24.0 Å². The predicted molar refractivity (Wildman–Crippen MR) is 113 cm³/mol. The van der Waals surface area contributed by atoms with Crippen molar-refractivity contribution in [2.75, 3.05) is 23.0 Å². The topological polar surface area (TPSA) is 76.0 Å². The van der Waals surface area contributed by atoms with Crippen LogP contribution < -0.4 is 4.90 Å². The molecule has 3 aliphatic rings. The van der Waals surface area contributed by atoms with Crippen molar-refractivity contribution >= 4 is 38.4 Å². The lowest BCUT2D eigenvalue weighted by Gasteiger charge is -2.25. The summed E-state index contributed by atoms with van der Waals surface area (Å²) in [4.78, 5) is 18.8. The van der Waals surface area contributed by atoms with E-state index in [1.165, 1.54) is 17.3 Å². The van der Waals surface area contributed by atoms with Crippen LogP contribution in [0, 0.1) is 0 Å². The van der Waals surface area contributed by atoms with Crippen molar-refractivity contribution in [2.24, 2.45) is 4.99 Å². The van der Waals surface area contributed by atoms with E-state index in [1.54, 1.807) is 0 Å². The van der Waals surface area contributed by atoms with Crippen LogP contribution in [-0.2, 0) is 25.8 Å². The number of fused-ring (bicyclic) bond motifs is 1. The van der Waals surface area contributed by atoms with Crippen LogP contribution in [0.15, 0.2) is 29.3 Å². The fourth-order valence-corrected chi connectivity index (χ4v) is 7.93. The number of ether oxygens (including phenoxy) is 1. The number of nitrogens with zero attached hydrogens (tertiary/aromatic N) is 2. The number of anilines is 1. The number of carbonyl (C=O) groups excluding carboxylic acids is 1. The van der Waals surface area contributed by atoms with Crippen molar-refractivity contribution in [1.29, 1.82) is 0 Å². The normalized spacial score (nSPS) is 30.1. The summed E-state index contributed by atoms with van der Waals surface area (Å²) in [5, 5.41) is 0.521. The number of thioether (sulfide) groups is 1. The first kappa shape index (κ1) is 19.9. The lowest BCUT2D eigenvalue weighted by atomic mass is 10.1. The smallest absolute Gasteiger partial charge is 0.277 e. The quantitative estimate of drug-likeness (QED) is 0.726. The van der Waals surface area contributed by atoms with Crippen LogP contribution in [0.25, 0.3) is 0 Å². The highest BCUT2D eigenvalue weighted by Crippen LogP contribution is 2.41. The minimum absolute atomic E-state index is 0.0826. The van der Waals surface area contributed by atoms with E-state index < -0.39 is 15.9 Å². The molecule has 0 spiro atoms. The first-order chi connectivity index (χ1) is 13.5. The van der Waals surface area contributed by atoms with Gasteiger partial charge in [0.1, 0.15) is 6.10 Å². The molecule has 3 fully saturated rings. The molecule has 3 saturated heterocycles. The summed E-state index contributed by atoms with van der Waals surface area (Å²) in [7, 11) is -3.06. The van der Waals surface area contributed by atoms with Gasteiger partial charge in [-0.15, -0.1) is 0 Å². The van der Waals surface area contributed by atoms with Gasteiger partial charge in [-0.2, -0.15) is 4.99 Å². The summed E-state index contributed by atoms with van der Waals surface area (Å²) in [5.41, 5.74) is 2.17. The third-order valence-corrected chi connectivity index (χ3v) is 8.72. The average molecular weight is 423 g/mol. The molecule has 1 aromatic rings. The Morgan fingerprint density at radius 3 is 2.75 bits per heavy atom. The molecule has 3 aliphatic heterocycles. The lowest BCUT2D eigenvalue weighted by molar-refractivity contribution is -0.126. The van der Waals surface area contributed by atoms with Gasteiger partial charge in [0, 0.05) is 17.5 Å². The maximum absolute atomic E-state index is 12.5. The second-order valence-corrected chi connectivity index (χ2v) is 11.0. The van der Waals surface area contributed by atoms with Gasteiger partial charge < -0.3 is 9.64 Å². The molecule has 3 atom stereocenters. The van der Waals surface area contributed by atoms with Crippen LogP contribution in [0.5, 0.6) is 0 Å². The fraction of sp³-hybridized carbons (Fsp3) is 0.600. The number of amidine groups is 1. The molecule has 1 aromatic carbocycles. The Hall–Kier alpha value is -1.38. The van der Waals surface area contributed by atoms with E-state index in [4.69, 9.17) is 4.74 Å². The number of aryl methyl sites for hydroxylation is 1. The number of unbranched alkanes of at least 4 members (excludes halogenated alkanes) is 1. The van der Waals surface area contributed by atoms with Crippen molar-refractivity contribution in [1.82, 2.24) is 0 Å². The number of hydrogen-bond acceptors (Lipinski definition) is 5. The summed E-state index contributed by atoms with van der Waals surface area (Å²) >= 11 is 1.41. The van der Waals surface area contributed by atoms with Crippen LogP contribution in [0.1, 0.15) is 38.2 Å². The van der Waals surface area contributed by atoms with Crippen LogP contribution in [0.3, 0.4) is 0 Å². The van der Waals surface area contributed by atoms with Gasteiger partial charge >= 0.3 is 0 Å². The van der Waals surface area contributed by atoms with E-state index >= 15 is 0 Å². The Morgan fingerprint density at radius 2 is 2.07 bits per heavy atom. The standard InChI is InChI=1S/C20H26N2O4S2/c1-2-3-5-14-7-9-15(10-8-14)22-16-12-28(24,25)13-18(16)27-20(22)21-19(23)17-6-4-11-26-17/h7-10,16-18H,2-6,11-13H2,1H3. The summed E-state index contributed by atoms with van der Waals surface area (Å²) in [6.45, 7) is 2.77. The predicted octanol–water partition coefficient (Wildman–Crippen LogP) is 2.81. The molecule has 1 amide bonds. The monoisotopic (exact) mass is 422 g/mol. The molecular formula is C20H26N2O4S2. The summed E-state index contributed by atoms with van der Waals surface area (Å²) in [5.74, 6) is -0.0111. The molecule has 28 heavy (non-hydrogen) atoms. The van der Waals surface area contributed by atoms with Crippen LogP contribution in [-0.4, -0.2) is 55.0 Å². The van der Waals surface area contributed by atoms with Gasteiger partial charge in [-0.05, 0) is 43.4 Å². The molecule has 8 heteroatoms. The van der Waals surface area contributed by atoms with Gasteiger partial charge in [0.25, 0.3) is 5.91 Å². The Morgan fingerprint density at radius 1 is 1.29 bits per heavy atom. The minimum Gasteiger partial charge on any atom is -0.368 e. The molecule has 3 unspecified atom stereocenters. The first-order valence-corrected chi connectivity index (χ1v) is 12.7. The van der Waals surface area contributed by atoms with Gasteiger partial charge in [0.2, 0.25) is 0 Å². The van der Waals surface area contributed by atoms with Crippen LogP contribution >= 0.6 is 11.8 Å². The summed E-state index contributed by atoms with van der Waals surface area (Å²) in [6.07, 6.45) is 4.44. The number of sulfone groups is 1. The third-order valence-electron chi connectivity index (χ3n) is 5.51. The Balaban J connectivity index is 1.61. The maximum Gasteiger partial charge on any atom is 0.277 e. The number of hydrogen-bond donors (Lipinski definition) is 0. The lowest BCUT2D eigenvalue weighted by Crippen LogP contribution is -2.38. The fourth-order valence-electron chi connectivity index (χ4n) is 4.01. The van der Waals surface area contributed by atoms with Gasteiger partial charge in [0.15, 0.2) is 15.0 Å². The SMILES string of the molecule is CCCCc1ccc(N2C(=NC(=O)C3CCCO3)SC3CS(=O)(=O)CC32)cc1. The molecule has 0 saturated carbocycles. The zero-order valence-electron chi connectivity index (χ0n) is 16.0. The highest BCUT2D eigenvalue weighted by molar-refractivity contribution is 8.16. The van der Waals surface area contributed by atoms with Gasteiger partial charge in [-0.3, -0.25) is 4.79 Å². The number of rotatable bonds is 5. The molecular weight excluding hydrogens is 396 g/mol. The molecule has 0 N–H and O–H groups in total. The number of carbonyl (C=O) groups is 1. The number of aliphatic imine (C=N–C) groups is 1. The molecule has 4 rings (SSSR count). The van der Waals surface area contributed by atoms with E-state index in [1.807, 2.05) is 17.0 Å². The Labute approximate surface area is 170 Å². The Kier molecular flexibility index (Phi) is 5.81. The molecule has 0 aliphatic carbocycles. The zero-order chi connectivity index (χ0) is 19.7. The van der Waals surface area contributed by atoms with Crippen LogP contribution in [0.4, 0.5) is 5.69 Å². The van der Waals surface area contributed by atoms with E-state index in [-0.39, 0.29) is 28.7 Å². The highest BCUT2D eigenvalue weighted by atomic mass is 32.2.